The summed E-state index contributed by atoms with van der Waals surface area (Å²) >= 11 is 4.78. The Kier molecular flexibility index (Phi) is 3.72. The highest BCUT2D eigenvalue weighted by molar-refractivity contribution is 9.10. The van der Waals surface area contributed by atoms with Crippen LogP contribution in [0.2, 0.25) is 0 Å². The number of ketones is 1. The van der Waals surface area contributed by atoms with Crippen molar-refractivity contribution in [2.24, 2.45) is 0 Å². The summed E-state index contributed by atoms with van der Waals surface area (Å²) in [5.41, 5.74) is 1.33. The van der Waals surface area contributed by atoms with Crippen LogP contribution in [0.5, 0.6) is 0 Å². The molecule has 0 aliphatic heterocycles. The summed E-state index contributed by atoms with van der Waals surface area (Å²) in [5.74, 6) is -0.867. The molecule has 1 heterocycles. The second-order valence-electron chi connectivity index (χ2n) is 3.49. The molecule has 2 aromatic rings. The monoisotopic (exact) mass is 305 g/mol. The lowest BCUT2D eigenvalue weighted by Crippen LogP contribution is -2.10. The first-order valence-electron chi connectivity index (χ1n) is 4.94. The maximum atomic E-state index is 12.1. The number of carbonyl (C=O) groups excluding carboxylic acids is 1. The highest BCUT2D eigenvalue weighted by Gasteiger charge is 2.21. The fourth-order valence-corrected chi connectivity index (χ4v) is 2.42. The fraction of sp³-hybridized carbons (Fsp3) is 0.0769. The Hall–Kier alpha value is -1.44. The second-order valence-corrected chi connectivity index (χ2v) is 5.19. The van der Waals surface area contributed by atoms with Gasteiger partial charge in [-0.1, -0.05) is 28.1 Å². The number of hydrogen-bond donors (Lipinski definition) is 0. The number of carbonyl (C=O) groups is 1. The van der Waals surface area contributed by atoms with E-state index < -0.39 is 5.92 Å². The van der Waals surface area contributed by atoms with Gasteiger partial charge in [0.2, 0.25) is 0 Å². The van der Waals surface area contributed by atoms with Crippen molar-refractivity contribution in [3.05, 3.63) is 56.7 Å². The van der Waals surface area contributed by atoms with Crippen LogP contribution in [0, 0.1) is 11.3 Å². The van der Waals surface area contributed by atoms with E-state index in [0.717, 1.165) is 10.0 Å². The number of nitriles is 1. The van der Waals surface area contributed by atoms with Crippen molar-refractivity contribution < 1.29 is 4.79 Å². The van der Waals surface area contributed by atoms with Gasteiger partial charge < -0.3 is 0 Å². The van der Waals surface area contributed by atoms with E-state index >= 15 is 0 Å². The molecule has 4 heteroatoms. The predicted molar refractivity (Wildman–Crippen MR) is 71.1 cm³/mol. The summed E-state index contributed by atoms with van der Waals surface area (Å²) in [6, 6.07) is 11.1. The van der Waals surface area contributed by atoms with Crippen LogP contribution in [0.25, 0.3) is 0 Å². The molecule has 0 fully saturated rings. The van der Waals surface area contributed by atoms with Crippen LogP contribution in [0.1, 0.15) is 21.8 Å². The van der Waals surface area contributed by atoms with Crippen LogP contribution in [-0.4, -0.2) is 5.78 Å². The van der Waals surface area contributed by atoms with Gasteiger partial charge in [0.25, 0.3) is 0 Å². The van der Waals surface area contributed by atoms with Gasteiger partial charge in [0.05, 0.1) is 6.07 Å². The van der Waals surface area contributed by atoms with Crippen LogP contribution in [-0.2, 0) is 0 Å². The molecule has 84 valence electrons. The van der Waals surface area contributed by atoms with E-state index in [1.54, 1.807) is 23.6 Å². The molecule has 2 nitrogen and oxygen atoms in total. The molecule has 1 unspecified atom stereocenters. The average Bonchev–Trinajstić information content (AvgIpc) is 2.86. The van der Waals surface area contributed by atoms with Gasteiger partial charge in [-0.2, -0.15) is 16.6 Å². The van der Waals surface area contributed by atoms with E-state index in [1.165, 1.54) is 11.3 Å². The average molecular weight is 306 g/mol. The number of hydrogen-bond acceptors (Lipinski definition) is 3. The quantitative estimate of drug-likeness (QED) is 0.804. The van der Waals surface area contributed by atoms with Gasteiger partial charge in [-0.25, -0.2) is 0 Å². The zero-order chi connectivity index (χ0) is 12.3. The van der Waals surface area contributed by atoms with E-state index in [0.29, 0.717) is 5.56 Å². The molecule has 0 aliphatic rings. The lowest BCUT2D eigenvalue weighted by molar-refractivity contribution is 0.0979. The summed E-state index contributed by atoms with van der Waals surface area (Å²) < 4.78 is 0.931. The molecule has 0 amide bonds. The lowest BCUT2D eigenvalue weighted by Gasteiger charge is -2.07. The molecular weight excluding hydrogens is 298 g/mol. The molecule has 0 aliphatic carbocycles. The lowest BCUT2D eigenvalue weighted by atomic mass is 9.93. The molecule has 2 rings (SSSR count). The number of nitrogens with zero attached hydrogens (tertiary/aromatic N) is 1. The zero-order valence-electron chi connectivity index (χ0n) is 8.76. The van der Waals surface area contributed by atoms with Gasteiger partial charge in [-0.05, 0) is 29.1 Å². The maximum absolute atomic E-state index is 12.1. The van der Waals surface area contributed by atoms with Crippen molar-refractivity contribution >= 4 is 33.0 Å². The first-order chi connectivity index (χ1) is 8.22. The number of benzene rings is 1. The van der Waals surface area contributed by atoms with Crippen molar-refractivity contribution in [2.45, 2.75) is 5.92 Å². The number of rotatable bonds is 3. The minimum Gasteiger partial charge on any atom is -0.292 e. The SMILES string of the molecule is N#CC(C(=O)c1ccsc1)c1ccc(Br)cc1. The standard InChI is InChI=1S/C13H8BrNOS/c14-11-3-1-9(2-4-11)12(7-15)13(16)10-5-6-17-8-10/h1-6,8,12H. The summed E-state index contributed by atoms with van der Waals surface area (Å²) in [4.78, 5) is 12.1. The zero-order valence-corrected chi connectivity index (χ0v) is 11.2. The highest BCUT2D eigenvalue weighted by atomic mass is 79.9. The topological polar surface area (TPSA) is 40.9 Å². The predicted octanol–water partition coefficient (Wildman–Crippen LogP) is 4.00. The van der Waals surface area contributed by atoms with Crippen molar-refractivity contribution in [1.29, 1.82) is 5.26 Å². The molecule has 0 saturated carbocycles. The minimum absolute atomic E-state index is 0.143. The minimum atomic E-state index is -0.724. The summed E-state index contributed by atoms with van der Waals surface area (Å²) in [7, 11) is 0. The van der Waals surface area contributed by atoms with Gasteiger partial charge >= 0.3 is 0 Å². The summed E-state index contributed by atoms with van der Waals surface area (Å²) in [6.07, 6.45) is 0. The van der Waals surface area contributed by atoms with Crippen molar-refractivity contribution in [1.82, 2.24) is 0 Å². The fourth-order valence-electron chi connectivity index (χ4n) is 1.51. The maximum Gasteiger partial charge on any atom is 0.185 e. The van der Waals surface area contributed by atoms with E-state index in [9.17, 15) is 4.79 Å². The molecule has 17 heavy (non-hydrogen) atoms. The molecule has 0 bridgehead atoms. The summed E-state index contributed by atoms with van der Waals surface area (Å²) in [6.45, 7) is 0. The third-order valence-electron chi connectivity index (χ3n) is 2.40. The Morgan fingerprint density at radius 3 is 2.53 bits per heavy atom. The Morgan fingerprint density at radius 2 is 2.00 bits per heavy atom. The Morgan fingerprint density at radius 1 is 1.29 bits per heavy atom. The molecule has 0 radical (unpaired) electrons. The first kappa shape index (κ1) is 12.0. The van der Waals surface area contributed by atoms with Crippen molar-refractivity contribution in [2.75, 3.05) is 0 Å². The van der Waals surface area contributed by atoms with Crippen LogP contribution < -0.4 is 0 Å². The Bertz CT molecular complexity index is 554. The normalized spacial score (nSPS) is 11.8. The van der Waals surface area contributed by atoms with E-state index in [2.05, 4.69) is 22.0 Å². The third kappa shape index (κ3) is 2.63. The smallest absolute Gasteiger partial charge is 0.185 e. The molecule has 0 N–H and O–H groups in total. The van der Waals surface area contributed by atoms with E-state index in [4.69, 9.17) is 5.26 Å². The van der Waals surface area contributed by atoms with Crippen molar-refractivity contribution in [3.63, 3.8) is 0 Å². The van der Waals surface area contributed by atoms with Crippen LogP contribution >= 0.6 is 27.3 Å². The largest absolute Gasteiger partial charge is 0.292 e. The molecule has 1 atom stereocenters. The molecule has 1 aromatic carbocycles. The van der Waals surface area contributed by atoms with Gasteiger partial charge in [0.15, 0.2) is 5.78 Å². The summed E-state index contributed by atoms with van der Waals surface area (Å²) in [5, 5.41) is 12.7. The number of thiophene rings is 1. The molecule has 0 saturated heterocycles. The molecule has 0 spiro atoms. The molecular formula is C13H8BrNOS. The van der Waals surface area contributed by atoms with E-state index in [1.807, 2.05) is 17.5 Å². The van der Waals surface area contributed by atoms with Gasteiger partial charge in [0.1, 0.15) is 5.92 Å². The number of halogens is 1. The van der Waals surface area contributed by atoms with Gasteiger partial charge in [-0.15, -0.1) is 0 Å². The van der Waals surface area contributed by atoms with Crippen LogP contribution in [0.15, 0.2) is 45.6 Å². The highest BCUT2D eigenvalue weighted by Crippen LogP contribution is 2.23. The first-order valence-corrected chi connectivity index (χ1v) is 6.67. The van der Waals surface area contributed by atoms with Crippen molar-refractivity contribution in [3.8, 4) is 6.07 Å². The third-order valence-corrected chi connectivity index (χ3v) is 3.61. The van der Waals surface area contributed by atoms with Crippen LogP contribution in [0.3, 0.4) is 0 Å². The molecule has 1 aromatic heterocycles. The van der Waals surface area contributed by atoms with Crippen LogP contribution in [0.4, 0.5) is 0 Å². The number of Topliss-reactive ketones (excluding diaryl/α,β-unsaturated/α-hetero) is 1. The van der Waals surface area contributed by atoms with Gasteiger partial charge in [-0.3, -0.25) is 4.79 Å². The van der Waals surface area contributed by atoms with Gasteiger partial charge in [0, 0.05) is 15.4 Å². The van der Waals surface area contributed by atoms with E-state index in [-0.39, 0.29) is 5.78 Å². The Balaban J connectivity index is 2.32. The Labute approximate surface area is 112 Å². The second kappa shape index (κ2) is 5.26.